The number of carbonyl (C=O) groups excluding carboxylic acids is 1. The number of fused-ring (bicyclic) bond motifs is 1. The first-order chi connectivity index (χ1) is 15.4. The number of hydrogen-bond donors (Lipinski definition) is 1. The molecule has 3 saturated heterocycles. The Hall–Kier alpha value is -1.18. The van der Waals surface area contributed by atoms with Gasteiger partial charge in [-0.05, 0) is 84.0 Å². The molecule has 0 spiro atoms. The number of ether oxygens (including phenoxy) is 4. The second-order valence-corrected chi connectivity index (χ2v) is 11.5. The van der Waals surface area contributed by atoms with E-state index in [1.165, 1.54) is 12.8 Å². The quantitative estimate of drug-likeness (QED) is 0.419. The van der Waals surface area contributed by atoms with E-state index in [0.717, 1.165) is 38.2 Å². The van der Waals surface area contributed by atoms with Crippen LogP contribution in [0.2, 0.25) is 0 Å². The van der Waals surface area contributed by atoms with Gasteiger partial charge in [-0.2, -0.15) is 0 Å². The lowest BCUT2D eigenvalue weighted by molar-refractivity contribution is -0.144. The zero-order valence-electron chi connectivity index (χ0n) is 21.7. The zero-order chi connectivity index (χ0) is 24.8. The Morgan fingerprint density at radius 1 is 1.18 bits per heavy atom. The minimum Gasteiger partial charge on any atom is -0.481 e. The van der Waals surface area contributed by atoms with Crippen LogP contribution in [0.1, 0.15) is 87.0 Å². The van der Waals surface area contributed by atoms with E-state index < -0.39 is 5.97 Å². The first-order valence-corrected chi connectivity index (χ1v) is 12.6. The van der Waals surface area contributed by atoms with E-state index in [0.29, 0.717) is 31.2 Å². The molecular weight excluding hydrogens is 424 g/mol. The highest BCUT2D eigenvalue weighted by Gasteiger charge is 2.49. The Balaban J connectivity index is 0.000000178. The van der Waals surface area contributed by atoms with Gasteiger partial charge in [-0.3, -0.25) is 9.59 Å². The lowest BCUT2D eigenvalue weighted by atomic mass is 9.81. The summed E-state index contributed by atoms with van der Waals surface area (Å²) >= 11 is 0. The van der Waals surface area contributed by atoms with Crippen molar-refractivity contribution in [2.24, 2.45) is 23.7 Å². The molecule has 192 valence electrons. The second kappa shape index (κ2) is 12.0. The molecule has 0 aromatic heterocycles. The van der Waals surface area contributed by atoms with Gasteiger partial charge in [-0.1, -0.05) is 20.8 Å². The number of rotatable bonds is 7. The van der Waals surface area contributed by atoms with Gasteiger partial charge in [0.1, 0.15) is 0 Å². The molecule has 7 nitrogen and oxygen atoms in total. The van der Waals surface area contributed by atoms with Crippen LogP contribution < -0.4 is 0 Å². The van der Waals surface area contributed by atoms with Crippen LogP contribution in [-0.4, -0.2) is 60.3 Å². The average Bonchev–Trinajstić information content (AvgIpc) is 3.63. The maximum atomic E-state index is 10.7. The van der Waals surface area contributed by atoms with Crippen molar-refractivity contribution in [1.29, 1.82) is 0 Å². The lowest BCUT2D eigenvalue weighted by Gasteiger charge is -2.33. The summed E-state index contributed by atoms with van der Waals surface area (Å²) in [5.41, 5.74) is 0.209. The molecule has 3 heterocycles. The Morgan fingerprint density at radius 2 is 1.82 bits per heavy atom. The van der Waals surface area contributed by atoms with E-state index in [4.69, 9.17) is 24.1 Å². The van der Waals surface area contributed by atoms with Crippen molar-refractivity contribution in [3.05, 3.63) is 0 Å². The Bertz CT molecular complexity index is 622. The molecule has 0 radical (unpaired) electrons. The third kappa shape index (κ3) is 9.53. The van der Waals surface area contributed by atoms with Gasteiger partial charge in [0.2, 0.25) is 0 Å². The Labute approximate surface area is 199 Å². The summed E-state index contributed by atoms with van der Waals surface area (Å²) in [5.74, 6) is 0.677. The highest BCUT2D eigenvalue weighted by molar-refractivity contribution is 5.70. The van der Waals surface area contributed by atoms with Crippen LogP contribution in [0.15, 0.2) is 0 Å². The highest BCUT2D eigenvalue weighted by Crippen LogP contribution is 2.42. The predicted molar refractivity (Wildman–Crippen MR) is 126 cm³/mol. The van der Waals surface area contributed by atoms with E-state index in [2.05, 4.69) is 41.5 Å². The van der Waals surface area contributed by atoms with Crippen molar-refractivity contribution in [2.75, 3.05) is 13.2 Å². The van der Waals surface area contributed by atoms with Gasteiger partial charge < -0.3 is 24.1 Å². The topological polar surface area (TPSA) is 97.9 Å². The van der Waals surface area contributed by atoms with Crippen LogP contribution in [0.25, 0.3) is 0 Å². The van der Waals surface area contributed by atoms with E-state index in [1.54, 1.807) is 0 Å². The smallest absolute Gasteiger partial charge is 0.306 e. The van der Waals surface area contributed by atoms with Gasteiger partial charge in [0.25, 0.3) is 6.47 Å². The molecule has 4 aliphatic rings. The normalized spacial score (nSPS) is 35.8. The maximum absolute atomic E-state index is 10.7. The monoisotopic (exact) mass is 470 g/mol. The van der Waals surface area contributed by atoms with Crippen LogP contribution in [0.5, 0.6) is 0 Å². The molecule has 7 atom stereocenters. The fourth-order valence-corrected chi connectivity index (χ4v) is 4.56. The predicted octanol–water partition coefficient (Wildman–Crippen LogP) is 4.85. The minimum atomic E-state index is -0.661. The maximum Gasteiger partial charge on any atom is 0.306 e. The molecule has 0 aromatic carbocycles. The van der Waals surface area contributed by atoms with Crippen LogP contribution >= 0.6 is 0 Å². The van der Waals surface area contributed by atoms with Crippen molar-refractivity contribution in [3.63, 3.8) is 0 Å². The van der Waals surface area contributed by atoms with Crippen LogP contribution in [0.4, 0.5) is 0 Å². The summed E-state index contributed by atoms with van der Waals surface area (Å²) in [6, 6.07) is 0. The van der Waals surface area contributed by atoms with Gasteiger partial charge in [0.05, 0.1) is 42.0 Å². The summed E-state index contributed by atoms with van der Waals surface area (Å²) in [7, 11) is 0. The van der Waals surface area contributed by atoms with Crippen LogP contribution in [0, 0.1) is 23.7 Å². The van der Waals surface area contributed by atoms with Gasteiger partial charge >= 0.3 is 5.97 Å². The summed E-state index contributed by atoms with van der Waals surface area (Å²) in [5, 5.41) is 8.79. The number of hydrogen-bond acceptors (Lipinski definition) is 6. The average molecular weight is 471 g/mol. The zero-order valence-corrected chi connectivity index (χ0v) is 21.7. The molecule has 0 amide bonds. The Morgan fingerprint density at radius 3 is 2.27 bits per heavy atom. The SMILES string of the molecule is CC1CC2OC2CC1C(=O)O.CC1CCC(C)(C)OC1.CCC(COC=O)CC1OC1(C)C. The van der Waals surface area contributed by atoms with Crippen molar-refractivity contribution in [3.8, 4) is 0 Å². The molecule has 7 unspecified atom stereocenters. The number of carboxylic acid groups (broad SMARTS) is 1. The second-order valence-electron chi connectivity index (χ2n) is 11.5. The number of epoxide rings is 2. The van der Waals surface area contributed by atoms with E-state index in [9.17, 15) is 9.59 Å². The van der Waals surface area contributed by atoms with E-state index >= 15 is 0 Å². The van der Waals surface area contributed by atoms with Gasteiger partial charge in [-0.15, -0.1) is 0 Å². The van der Waals surface area contributed by atoms with Crippen LogP contribution in [0.3, 0.4) is 0 Å². The largest absolute Gasteiger partial charge is 0.481 e. The molecule has 4 rings (SSSR count). The highest BCUT2D eigenvalue weighted by atomic mass is 16.6. The number of carboxylic acids is 1. The first kappa shape index (κ1) is 28.1. The molecule has 3 aliphatic heterocycles. The molecule has 1 N–H and O–H groups in total. The van der Waals surface area contributed by atoms with Gasteiger partial charge in [-0.25, -0.2) is 0 Å². The first-order valence-electron chi connectivity index (χ1n) is 12.6. The summed E-state index contributed by atoms with van der Waals surface area (Å²) in [6.07, 6.45) is 7.24. The summed E-state index contributed by atoms with van der Waals surface area (Å²) in [6.45, 7) is 16.8. The third-order valence-corrected chi connectivity index (χ3v) is 7.47. The van der Waals surface area contributed by atoms with Gasteiger partial charge in [0, 0.05) is 6.61 Å². The van der Waals surface area contributed by atoms with Crippen LogP contribution in [-0.2, 0) is 28.5 Å². The molecule has 1 aliphatic carbocycles. The fraction of sp³-hybridized carbons (Fsp3) is 0.923. The molecular formula is C26H46O7. The van der Waals surface area contributed by atoms with Gasteiger partial charge in [0.15, 0.2) is 0 Å². The molecule has 0 bridgehead atoms. The molecule has 7 heteroatoms. The standard InChI is InChI=1S/C10H18O3.C8H12O3.C8H16O/c1-4-8(6-12-7-11)5-9-10(2,3)13-9;1-4-2-6-7(11-6)3-5(4)8(9)10;1-7-4-5-8(2,3)9-6-7/h7-9H,4-6H2,1-3H3;4-7H,2-3H2,1H3,(H,9,10);7H,4-6H2,1-3H3. The van der Waals surface area contributed by atoms with E-state index in [-0.39, 0.29) is 29.1 Å². The van der Waals surface area contributed by atoms with Crippen molar-refractivity contribution in [2.45, 2.75) is 117 Å². The van der Waals surface area contributed by atoms with Crippen molar-refractivity contribution < 1.29 is 33.6 Å². The molecule has 1 saturated carbocycles. The third-order valence-electron chi connectivity index (χ3n) is 7.47. The van der Waals surface area contributed by atoms with Crippen molar-refractivity contribution >= 4 is 12.4 Å². The van der Waals surface area contributed by atoms with Crippen molar-refractivity contribution in [1.82, 2.24) is 0 Å². The lowest BCUT2D eigenvalue weighted by Crippen LogP contribution is -2.32. The summed E-state index contributed by atoms with van der Waals surface area (Å²) < 4.78 is 21.1. The molecule has 4 fully saturated rings. The summed E-state index contributed by atoms with van der Waals surface area (Å²) in [4.78, 5) is 20.7. The fourth-order valence-electron chi connectivity index (χ4n) is 4.56. The number of carbonyl (C=O) groups is 2. The molecule has 0 aromatic rings. The molecule has 33 heavy (non-hydrogen) atoms. The Kier molecular flexibility index (Phi) is 10.2. The van der Waals surface area contributed by atoms with E-state index in [1.807, 2.05) is 6.92 Å². The minimum absolute atomic E-state index is 0.0502. The number of aliphatic carboxylic acids is 1.